The van der Waals surface area contributed by atoms with E-state index in [1.807, 2.05) is 40.7 Å². The molecule has 0 saturated carbocycles. The normalized spacial score (nSPS) is 18.0. The van der Waals surface area contributed by atoms with Crippen LogP contribution >= 0.6 is 0 Å². The molecule has 1 unspecified atom stereocenters. The van der Waals surface area contributed by atoms with Crippen molar-refractivity contribution in [1.29, 1.82) is 0 Å². The van der Waals surface area contributed by atoms with Gasteiger partial charge < -0.3 is 14.5 Å². The highest BCUT2D eigenvalue weighted by molar-refractivity contribution is 5.83. The van der Waals surface area contributed by atoms with Crippen LogP contribution in [0.25, 0.3) is 11.0 Å². The third kappa shape index (κ3) is 5.60. The van der Waals surface area contributed by atoms with Gasteiger partial charge in [-0.3, -0.25) is 4.90 Å². The third-order valence-electron chi connectivity index (χ3n) is 5.45. The monoisotopic (exact) mass is 400 g/mol. The molecule has 2 heterocycles. The van der Waals surface area contributed by atoms with Crippen molar-refractivity contribution < 1.29 is 13.9 Å². The predicted octanol–water partition coefficient (Wildman–Crippen LogP) is 4.15. The van der Waals surface area contributed by atoms with Gasteiger partial charge in [0, 0.05) is 31.1 Å². The fourth-order valence-corrected chi connectivity index (χ4v) is 3.90. The van der Waals surface area contributed by atoms with Gasteiger partial charge in [0.15, 0.2) is 0 Å². The first kappa shape index (κ1) is 21.4. The number of fused-ring (bicyclic) bond motifs is 1. The third-order valence-corrected chi connectivity index (χ3v) is 5.45. The molecule has 6 nitrogen and oxygen atoms in total. The molecule has 2 aromatic rings. The molecule has 1 aliphatic heterocycles. The van der Waals surface area contributed by atoms with Crippen LogP contribution in [0.4, 0.5) is 4.79 Å². The summed E-state index contributed by atoms with van der Waals surface area (Å²) in [7, 11) is 0. The van der Waals surface area contributed by atoms with Crippen LogP contribution in [0.2, 0.25) is 0 Å². The molecule has 0 bridgehead atoms. The van der Waals surface area contributed by atoms with Crippen molar-refractivity contribution in [2.45, 2.75) is 59.6 Å². The van der Waals surface area contributed by atoms with Crippen molar-refractivity contribution in [1.82, 2.24) is 10.2 Å². The summed E-state index contributed by atoms with van der Waals surface area (Å²) < 4.78 is 10.8. The summed E-state index contributed by atoms with van der Waals surface area (Å²) in [6, 6.07) is 5.73. The fourth-order valence-electron chi connectivity index (χ4n) is 3.90. The van der Waals surface area contributed by atoms with Crippen molar-refractivity contribution in [3.63, 3.8) is 0 Å². The Morgan fingerprint density at radius 2 is 2.07 bits per heavy atom. The zero-order chi connectivity index (χ0) is 21.2. The second-order valence-corrected chi connectivity index (χ2v) is 9.10. The lowest BCUT2D eigenvalue weighted by Crippen LogP contribution is -2.42. The number of nitrogens with one attached hydrogen (secondary N) is 1. The van der Waals surface area contributed by atoms with Gasteiger partial charge in [0.05, 0.1) is 0 Å². The topological polar surface area (TPSA) is 71.8 Å². The number of aryl methyl sites for hydroxylation is 2. The average molecular weight is 401 g/mol. The van der Waals surface area contributed by atoms with Crippen LogP contribution in [0, 0.1) is 19.8 Å². The number of rotatable bonds is 4. The lowest BCUT2D eigenvalue weighted by molar-refractivity contribution is 0.0506. The zero-order valence-corrected chi connectivity index (χ0v) is 18.1. The van der Waals surface area contributed by atoms with E-state index in [0.29, 0.717) is 24.6 Å². The second kappa shape index (κ2) is 8.57. The van der Waals surface area contributed by atoms with Crippen LogP contribution in [-0.2, 0) is 11.3 Å². The lowest BCUT2D eigenvalue weighted by atomic mass is 9.97. The van der Waals surface area contributed by atoms with Gasteiger partial charge in [-0.1, -0.05) is 12.1 Å². The Morgan fingerprint density at radius 3 is 2.79 bits per heavy atom. The molecule has 29 heavy (non-hydrogen) atoms. The van der Waals surface area contributed by atoms with Crippen LogP contribution < -0.4 is 10.9 Å². The molecule has 0 spiro atoms. The molecule has 0 aliphatic carbocycles. The lowest BCUT2D eigenvalue weighted by Gasteiger charge is -2.33. The number of likely N-dealkylation sites (tertiary alicyclic amines) is 1. The van der Waals surface area contributed by atoms with Crippen molar-refractivity contribution in [2.24, 2.45) is 5.92 Å². The fraction of sp³-hybridized carbons (Fsp3) is 0.565. The highest BCUT2D eigenvalue weighted by atomic mass is 16.6. The van der Waals surface area contributed by atoms with Gasteiger partial charge in [-0.2, -0.15) is 0 Å². The second-order valence-electron chi connectivity index (χ2n) is 9.10. The average Bonchev–Trinajstić information content (AvgIpc) is 2.62. The van der Waals surface area contributed by atoms with E-state index in [9.17, 15) is 9.59 Å². The number of benzene rings is 1. The van der Waals surface area contributed by atoms with Crippen LogP contribution in [0.1, 0.15) is 50.3 Å². The van der Waals surface area contributed by atoms with E-state index in [2.05, 4.69) is 16.3 Å². The summed E-state index contributed by atoms with van der Waals surface area (Å²) in [6.45, 7) is 12.8. The first-order chi connectivity index (χ1) is 13.6. The van der Waals surface area contributed by atoms with Gasteiger partial charge in [-0.05, 0) is 76.6 Å². The molecule has 1 aromatic heterocycles. The van der Waals surface area contributed by atoms with Crippen LogP contribution in [0.3, 0.4) is 0 Å². The Hall–Kier alpha value is -2.34. The molecule has 1 atom stereocenters. The Balaban J connectivity index is 1.67. The van der Waals surface area contributed by atoms with Crippen molar-refractivity contribution in [3.8, 4) is 0 Å². The molecule has 1 fully saturated rings. The maximum Gasteiger partial charge on any atom is 0.407 e. The Morgan fingerprint density at radius 1 is 1.31 bits per heavy atom. The summed E-state index contributed by atoms with van der Waals surface area (Å²) in [5, 5.41) is 3.89. The van der Waals surface area contributed by atoms with Crippen LogP contribution in [-0.4, -0.2) is 36.2 Å². The summed E-state index contributed by atoms with van der Waals surface area (Å²) >= 11 is 0. The molecule has 0 radical (unpaired) electrons. The van der Waals surface area contributed by atoms with E-state index >= 15 is 0 Å². The van der Waals surface area contributed by atoms with E-state index < -0.39 is 5.60 Å². The number of carbonyl (C=O) groups excluding carboxylic acids is 1. The van der Waals surface area contributed by atoms with Crippen molar-refractivity contribution in [2.75, 3.05) is 19.6 Å². The molecule has 1 aromatic carbocycles. The number of amides is 1. The summed E-state index contributed by atoms with van der Waals surface area (Å²) in [5.74, 6) is 0.367. The molecule has 158 valence electrons. The molecule has 6 heteroatoms. The zero-order valence-electron chi connectivity index (χ0n) is 18.1. The Bertz CT molecular complexity index is 942. The number of ether oxygens (including phenoxy) is 1. The number of nitrogens with zero attached hydrogens (tertiary/aromatic N) is 1. The SMILES string of the molecule is Cc1ccc2c(CN3CCCC(CNC(=O)OC(C)(C)C)C3)cc(=O)oc2c1C. The minimum absolute atomic E-state index is 0.304. The Kier molecular flexibility index (Phi) is 6.32. The number of piperidine rings is 1. The van der Waals surface area contributed by atoms with E-state index in [4.69, 9.17) is 9.15 Å². The first-order valence-corrected chi connectivity index (χ1v) is 10.3. The minimum Gasteiger partial charge on any atom is -0.444 e. The molecular formula is C23H32N2O4. The Labute approximate surface area is 172 Å². The van der Waals surface area contributed by atoms with E-state index in [1.54, 1.807) is 6.07 Å². The van der Waals surface area contributed by atoms with Gasteiger partial charge in [0.25, 0.3) is 0 Å². The summed E-state index contributed by atoms with van der Waals surface area (Å²) in [6.07, 6.45) is 1.77. The van der Waals surface area contributed by atoms with E-state index in [0.717, 1.165) is 48.0 Å². The maximum atomic E-state index is 12.1. The molecule has 1 aliphatic rings. The van der Waals surface area contributed by atoms with Crippen LogP contribution in [0.5, 0.6) is 0 Å². The van der Waals surface area contributed by atoms with E-state index in [-0.39, 0.29) is 11.7 Å². The van der Waals surface area contributed by atoms with Crippen LogP contribution in [0.15, 0.2) is 27.4 Å². The minimum atomic E-state index is -0.491. The predicted molar refractivity (Wildman–Crippen MR) is 114 cm³/mol. The molecule has 1 saturated heterocycles. The first-order valence-electron chi connectivity index (χ1n) is 10.3. The highest BCUT2D eigenvalue weighted by Gasteiger charge is 2.23. The van der Waals surface area contributed by atoms with Gasteiger partial charge in [-0.25, -0.2) is 9.59 Å². The highest BCUT2D eigenvalue weighted by Crippen LogP contribution is 2.25. The standard InChI is InChI=1S/C23H32N2O4/c1-15-8-9-19-18(11-20(26)28-21(19)16(15)2)14-25-10-6-7-17(13-25)12-24-22(27)29-23(3,4)5/h8-9,11,17H,6-7,10,12-14H2,1-5H3,(H,24,27). The molecule has 3 rings (SSSR count). The number of carbonyl (C=O) groups is 1. The van der Waals surface area contributed by atoms with Crippen molar-refractivity contribution >= 4 is 17.1 Å². The number of alkyl carbamates (subject to hydrolysis) is 1. The van der Waals surface area contributed by atoms with E-state index in [1.165, 1.54) is 0 Å². The summed E-state index contributed by atoms with van der Waals surface area (Å²) in [5.41, 5.74) is 3.02. The maximum absolute atomic E-state index is 12.1. The van der Waals surface area contributed by atoms with Gasteiger partial charge in [0.2, 0.25) is 0 Å². The summed E-state index contributed by atoms with van der Waals surface area (Å²) in [4.78, 5) is 26.4. The van der Waals surface area contributed by atoms with Gasteiger partial charge in [0.1, 0.15) is 11.2 Å². The molecule has 1 N–H and O–H groups in total. The number of hydrogen-bond donors (Lipinski definition) is 1. The number of hydrogen-bond acceptors (Lipinski definition) is 5. The smallest absolute Gasteiger partial charge is 0.407 e. The van der Waals surface area contributed by atoms with Crippen molar-refractivity contribution in [3.05, 3.63) is 45.3 Å². The molecular weight excluding hydrogens is 368 g/mol. The largest absolute Gasteiger partial charge is 0.444 e. The molecule has 1 amide bonds. The van der Waals surface area contributed by atoms with Gasteiger partial charge in [-0.15, -0.1) is 0 Å². The van der Waals surface area contributed by atoms with Gasteiger partial charge >= 0.3 is 11.7 Å². The quantitative estimate of drug-likeness (QED) is 0.781.